The van der Waals surface area contributed by atoms with E-state index in [0.29, 0.717) is 28.0 Å². The van der Waals surface area contributed by atoms with E-state index in [0.717, 1.165) is 18.1 Å². The van der Waals surface area contributed by atoms with Gasteiger partial charge in [-0.05, 0) is 36.2 Å². The maximum absolute atomic E-state index is 13.6. The Morgan fingerprint density at radius 3 is 2.43 bits per heavy atom. The molecule has 0 bridgehead atoms. The molecular formula is C21H21F3N2O2. The average Bonchev–Trinajstić information content (AvgIpc) is 2.70. The van der Waals surface area contributed by atoms with Gasteiger partial charge in [-0.3, -0.25) is 0 Å². The van der Waals surface area contributed by atoms with E-state index in [4.69, 9.17) is 9.47 Å². The van der Waals surface area contributed by atoms with Crippen LogP contribution in [0.4, 0.5) is 19.0 Å². The van der Waals surface area contributed by atoms with Crippen LogP contribution in [-0.4, -0.2) is 19.2 Å². The molecule has 0 amide bonds. The first-order valence-corrected chi connectivity index (χ1v) is 8.81. The molecule has 7 heteroatoms. The number of ether oxygens (including phenoxy) is 2. The molecule has 1 heterocycles. The monoisotopic (exact) mass is 390 g/mol. The summed E-state index contributed by atoms with van der Waals surface area (Å²) in [6.07, 6.45) is -3.73. The minimum Gasteiger partial charge on any atom is -0.497 e. The lowest BCUT2D eigenvalue weighted by Crippen LogP contribution is -2.13. The van der Waals surface area contributed by atoms with Crippen molar-refractivity contribution in [2.24, 2.45) is 0 Å². The van der Waals surface area contributed by atoms with Gasteiger partial charge in [0, 0.05) is 23.6 Å². The number of rotatable bonds is 6. The number of aryl methyl sites for hydroxylation is 1. The molecule has 0 aliphatic rings. The SMILES string of the molecule is CCc1ccc2cc(C(F)(F)F)c(NCc3ccc(OC)cc3OC)nc2c1. The molecular weight excluding hydrogens is 369 g/mol. The van der Waals surface area contributed by atoms with Crippen molar-refractivity contribution in [3.05, 3.63) is 59.2 Å². The van der Waals surface area contributed by atoms with Crippen LogP contribution in [0.3, 0.4) is 0 Å². The van der Waals surface area contributed by atoms with E-state index in [1.54, 1.807) is 24.3 Å². The molecule has 0 saturated carbocycles. The predicted octanol–water partition coefficient (Wildman–Crippen LogP) is 5.45. The highest BCUT2D eigenvalue weighted by Gasteiger charge is 2.35. The Hall–Kier alpha value is -2.96. The van der Waals surface area contributed by atoms with Gasteiger partial charge in [0.2, 0.25) is 0 Å². The van der Waals surface area contributed by atoms with E-state index in [1.807, 2.05) is 19.1 Å². The minimum atomic E-state index is -4.52. The summed E-state index contributed by atoms with van der Waals surface area (Å²) in [4.78, 5) is 4.26. The topological polar surface area (TPSA) is 43.4 Å². The lowest BCUT2D eigenvalue weighted by Gasteiger charge is -2.16. The molecule has 1 N–H and O–H groups in total. The van der Waals surface area contributed by atoms with E-state index in [-0.39, 0.29) is 12.4 Å². The first-order chi connectivity index (χ1) is 13.4. The molecule has 2 aromatic carbocycles. The summed E-state index contributed by atoms with van der Waals surface area (Å²) in [5.41, 5.74) is 1.44. The number of anilines is 1. The lowest BCUT2D eigenvalue weighted by molar-refractivity contribution is -0.137. The second-order valence-corrected chi connectivity index (χ2v) is 6.29. The van der Waals surface area contributed by atoms with Crippen LogP contribution < -0.4 is 14.8 Å². The Labute approximate surface area is 161 Å². The lowest BCUT2D eigenvalue weighted by atomic mass is 10.1. The number of hydrogen-bond acceptors (Lipinski definition) is 4. The van der Waals surface area contributed by atoms with Crippen LogP contribution in [0.25, 0.3) is 10.9 Å². The van der Waals surface area contributed by atoms with Gasteiger partial charge in [0.05, 0.1) is 25.3 Å². The molecule has 1 aromatic heterocycles. The van der Waals surface area contributed by atoms with Crippen LogP contribution in [0.2, 0.25) is 0 Å². The van der Waals surface area contributed by atoms with E-state index >= 15 is 0 Å². The Bertz CT molecular complexity index is 987. The third kappa shape index (κ3) is 4.13. The number of nitrogens with one attached hydrogen (secondary N) is 1. The van der Waals surface area contributed by atoms with Crippen molar-refractivity contribution in [3.8, 4) is 11.5 Å². The van der Waals surface area contributed by atoms with Crippen LogP contribution in [-0.2, 0) is 19.1 Å². The van der Waals surface area contributed by atoms with Gasteiger partial charge >= 0.3 is 6.18 Å². The fourth-order valence-corrected chi connectivity index (χ4v) is 2.96. The highest BCUT2D eigenvalue weighted by atomic mass is 19.4. The Morgan fingerprint density at radius 1 is 1.00 bits per heavy atom. The molecule has 3 rings (SSSR count). The molecule has 4 nitrogen and oxygen atoms in total. The number of methoxy groups -OCH3 is 2. The maximum Gasteiger partial charge on any atom is 0.419 e. The summed E-state index contributed by atoms with van der Waals surface area (Å²) in [5, 5.41) is 3.28. The summed E-state index contributed by atoms with van der Waals surface area (Å²) in [5.74, 6) is 0.924. The fourth-order valence-electron chi connectivity index (χ4n) is 2.96. The van der Waals surface area contributed by atoms with E-state index in [2.05, 4.69) is 10.3 Å². The first kappa shape index (κ1) is 19.8. The van der Waals surface area contributed by atoms with Crippen LogP contribution in [0.5, 0.6) is 11.5 Å². The number of hydrogen-bond donors (Lipinski definition) is 1. The number of fused-ring (bicyclic) bond motifs is 1. The van der Waals surface area contributed by atoms with Gasteiger partial charge in [-0.15, -0.1) is 0 Å². The Kier molecular flexibility index (Phi) is 5.63. The summed E-state index contributed by atoms with van der Waals surface area (Å²) >= 11 is 0. The highest BCUT2D eigenvalue weighted by Crippen LogP contribution is 2.36. The third-order valence-corrected chi connectivity index (χ3v) is 4.54. The van der Waals surface area contributed by atoms with Crippen molar-refractivity contribution in [2.45, 2.75) is 26.1 Å². The number of nitrogens with zero attached hydrogens (tertiary/aromatic N) is 1. The van der Waals surface area contributed by atoms with Crippen LogP contribution in [0.15, 0.2) is 42.5 Å². The Morgan fingerprint density at radius 2 is 1.79 bits per heavy atom. The minimum absolute atomic E-state index is 0.127. The van der Waals surface area contributed by atoms with Crippen molar-refractivity contribution >= 4 is 16.7 Å². The molecule has 0 aliphatic carbocycles. The van der Waals surface area contributed by atoms with Gasteiger partial charge in [0.25, 0.3) is 0 Å². The molecule has 28 heavy (non-hydrogen) atoms. The molecule has 0 unspecified atom stereocenters. The normalized spacial score (nSPS) is 11.5. The molecule has 3 aromatic rings. The zero-order valence-electron chi connectivity index (χ0n) is 15.9. The zero-order chi connectivity index (χ0) is 20.3. The molecule has 0 spiro atoms. The third-order valence-electron chi connectivity index (χ3n) is 4.54. The van der Waals surface area contributed by atoms with Crippen molar-refractivity contribution in [3.63, 3.8) is 0 Å². The Balaban J connectivity index is 1.99. The van der Waals surface area contributed by atoms with Crippen molar-refractivity contribution in [1.29, 1.82) is 0 Å². The number of halogens is 3. The zero-order valence-corrected chi connectivity index (χ0v) is 15.9. The molecule has 0 saturated heterocycles. The smallest absolute Gasteiger partial charge is 0.419 e. The second-order valence-electron chi connectivity index (χ2n) is 6.29. The van der Waals surface area contributed by atoms with Gasteiger partial charge in [-0.25, -0.2) is 4.98 Å². The largest absolute Gasteiger partial charge is 0.497 e. The summed E-state index contributed by atoms with van der Waals surface area (Å²) in [6.45, 7) is 2.11. The summed E-state index contributed by atoms with van der Waals surface area (Å²) in [6, 6.07) is 11.6. The number of pyridine rings is 1. The van der Waals surface area contributed by atoms with Gasteiger partial charge in [0.1, 0.15) is 17.3 Å². The van der Waals surface area contributed by atoms with Crippen LogP contribution in [0.1, 0.15) is 23.6 Å². The summed E-state index contributed by atoms with van der Waals surface area (Å²) < 4.78 is 51.2. The molecule has 0 atom stereocenters. The second kappa shape index (κ2) is 7.96. The number of aromatic nitrogens is 1. The van der Waals surface area contributed by atoms with Crippen molar-refractivity contribution < 1.29 is 22.6 Å². The molecule has 0 fully saturated rings. The van der Waals surface area contributed by atoms with Gasteiger partial charge in [-0.1, -0.05) is 19.1 Å². The number of benzene rings is 2. The van der Waals surface area contributed by atoms with Gasteiger partial charge in [-0.2, -0.15) is 13.2 Å². The van der Waals surface area contributed by atoms with Crippen LogP contribution in [0, 0.1) is 0 Å². The van der Waals surface area contributed by atoms with Gasteiger partial charge < -0.3 is 14.8 Å². The standard InChI is InChI=1S/C21H21F3N2O2/c1-4-13-5-6-14-10-17(21(22,23)24)20(26-18(14)9-13)25-12-15-7-8-16(27-2)11-19(15)28-3/h5-11H,4,12H2,1-3H3,(H,25,26). The molecule has 0 radical (unpaired) electrons. The van der Waals surface area contributed by atoms with E-state index in [9.17, 15) is 13.2 Å². The molecule has 148 valence electrons. The van der Waals surface area contributed by atoms with Gasteiger partial charge in [0.15, 0.2) is 0 Å². The van der Waals surface area contributed by atoms with Crippen molar-refractivity contribution in [2.75, 3.05) is 19.5 Å². The highest BCUT2D eigenvalue weighted by molar-refractivity contribution is 5.82. The fraction of sp³-hybridized carbons (Fsp3) is 0.286. The van der Waals surface area contributed by atoms with E-state index < -0.39 is 11.7 Å². The average molecular weight is 390 g/mol. The molecule has 0 aliphatic heterocycles. The number of alkyl halides is 3. The summed E-state index contributed by atoms with van der Waals surface area (Å²) in [7, 11) is 3.03. The maximum atomic E-state index is 13.6. The first-order valence-electron chi connectivity index (χ1n) is 8.81. The van der Waals surface area contributed by atoms with Crippen molar-refractivity contribution in [1.82, 2.24) is 4.98 Å². The van der Waals surface area contributed by atoms with E-state index in [1.165, 1.54) is 14.2 Å². The quantitative estimate of drug-likeness (QED) is 0.608. The van der Waals surface area contributed by atoms with Crippen LogP contribution >= 0.6 is 0 Å². The predicted molar refractivity (Wildman–Crippen MR) is 103 cm³/mol.